The molecule has 0 radical (unpaired) electrons. The van der Waals surface area contributed by atoms with E-state index in [0.717, 1.165) is 6.42 Å². The van der Waals surface area contributed by atoms with E-state index in [1.54, 1.807) is 43.5 Å². The maximum Gasteiger partial charge on any atom is 0.221 e. The number of carbonyl (C=O) groups excluding carboxylic acids is 2. The van der Waals surface area contributed by atoms with Gasteiger partial charge in [-0.3, -0.25) is 9.59 Å². The fourth-order valence-corrected chi connectivity index (χ4v) is 3.24. The van der Waals surface area contributed by atoms with E-state index in [1.807, 2.05) is 0 Å². The topological polar surface area (TPSA) is 73.9 Å². The number of rotatable bonds is 6. The third-order valence-electron chi connectivity index (χ3n) is 4.16. The van der Waals surface area contributed by atoms with Crippen molar-refractivity contribution in [3.8, 4) is 11.5 Å². The van der Waals surface area contributed by atoms with E-state index in [0.29, 0.717) is 46.0 Å². The number of nitrogens with one attached hydrogen (secondary N) is 1. The standard InChI is InChI=1S/C20H20BrNO5/c1-12(23)22-18-10-19(27-15-7-8-26-11-15)17(21)9-16(18)20(24)13-3-5-14(25-2)6-4-13/h3-6,9-10,15H,7-8,11H2,1-2H3,(H,22,23)/t15-/m1/s1. The van der Waals surface area contributed by atoms with Crippen molar-refractivity contribution in [2.24, 2.45) is 0 Å². The number of ether oxygens (including phenoxy) is 3. The van der Waals surface area contributed by atoms with Gasteiger partial charge in [-0.05, 0) is 46.3 Å². The normalized spacial score (nSPS) is 16.0. The predicted octanol–water partition coefficient (Wildman–Crippen LogP) is 3.81. The van der Waals surface area contributed by atoms with E-state index >= 15 is 0 Å². The monoisotopic (exact) mass is 433 g/mol. The maximum atomic E-state index is 13.0. The lowest BCUT2D eigenvalue weighted by atomic mass is 10.0. The van der Waals surface area contributed by atoms with Crippen LogP contribution in [0.25, 0.3) is 0 Å². The molecule has 2 aromatic carbocycles. The molecule has 0 unspecified atom stereocenters. The molecule has 1 amide bonds. The fourth-order valence-electron chi connectivity index (χ4n) is 2.81. The lowest BCUT2D eigenvalue weighted by Gasteiger charge is -2.17. The van der Waals surface area contributed by atoms with Gasteiger partial charge in [-0.2, -0.15) is 0 Å². The summed E-state index contributed by atoms with van der Waals surface area (Å²) in [4.78, 5) is 24.6. The zero-order valence-corrected chi connectivity index (χ0v) is 16.7. The first kappa shape index (κ1) is 19.4. The molecule has 0 saturated carbocycles. The van der Waals surface area contributed by atoms with Crippen molar-refractivity contribution in [1.82, 2.24) is 0 Å². The molecular formula is C20H20BrNO5. The van der Waals surface area contributed by atoms with Crippen LogP contribution in [-0.4, -0.2) is 38.1 Å². The van der Waals surface area contributed by atoms with Crippen LogP contribution < -0.4 is 14.8 Å². The van der Waals surface area contributed by atoms with Gasteiger partial charge in [0.1, 0.15) is 17.6 Å². The first-order valence-corrected chi connectivity index (χ1v) is 9.31. The molecule has 27 heavy (non-hydrogen) atoms. The fraction of sp³-hybridized carbons (Fsp3) is 0.300. The Labute approximate surface area is 165 Å². The van der Waals surface area contributed by atoms with Crippen LogP contribution in [0.4, 0.5) is 5.69 Å². The van der Waals surface area contributed by atoms with Crippen molar-refractivity contribution < 1.29 is 23.8 Å². The molecule has 6 nitrogen and oxygen atoms in total. The highest BCUT2D eigenvalue weighted by Crippen LogP contribution is 2.34. The average molecular weight is 434 g/mol. The third kappa shape index (κ3) is 4.67. The van der Waals surface area contributed by atoms with E-state index in [9.17, 15) is 9.59 Å². The summed E-state index contributed by atoms with van der Waals surface area (Å²) in [5, 5.41) is 2.72. The van der Waals surface area contributed by atoms with Gasteiger partial charge in [0.2, 0.25) is 5.91 Å². The molecule has 1 heterocycles. The van der Waals surface area contributed by atoms with Crippen molar-refractivity contribution >= 4 is 33.3 Å². The largest absolute Gasteiger partial charge is 0.497 e. The van der Waals surface area contributed by atoms with E-state index in [-0.39, 0.29) is 17.8 Å². The number of hydrogen-bond donors (Lipinski definition) is 1. The van der Waals surface area contributed by atoms with Crippen LogP contribution in [0.2, 0.25) is 0 Å². The summed E-state index contributed by atoms with van der Waals surface area (Å²) in [7, 11) is 1.57. The molecule has 7 heteroatoms. The molecule has 1 aliphatic rings. The molecule has 1 aliphatic heterocycles. The number of methoxy groups -OCH3 is 1. The third-order valence-corrected chi connectivity index (χ3v) is 4.78. The Kier molecular flexibility index (Phi) is 6.13. The summed E-state index contributed by atoms with van der Waals surface area (Å²) in [5.74, 6) is 0.743. The summed E-state index contributed by atoms with van der Waals surface area (Å²) in [5.41, 5.74) is 1.27. The number of carbonyl (C=O) groups is 2. The molecule has 142 valence electrons. The average Bonchev–Trinajstić information content (AvgIpc) is 3.16. The van der Waals surface area contributed by atoms with E-state index in [2.05, 4.69) is 21.2 Å². The van der Waals surface area contributed by atoms with Gasteiger partial charge in [0.15, 0.2) is 5.78 Å². The number of amides is 1. The number of benzene rings is 2. The van der Waals surface area contributed by atoms with Gasteiger partial charge in [-0.15, -0.1) is 0 Å². The van der Waals surface area contributed by atoms with E-state index in [4.69, 9.17) is 14.2 Å². The minimum absolute atomic E-state index is 0.0467. The van der Waals surface area contributed by atoms with E-state index < -0.39 is 0 Å². The first-order valence-electron chi connectivity index (χ1n) is 8.52. The molecule has 0 aliphatic carbocycles. The number of hydrogen-bond acceptors (Lipinski definition) is 5. The molecule has 2 aromatic rings. The van der Waals surface area contributed by atoms with Crippen LogP contribution in [0.15, 0.2) is 40.9 Å². The summed E-state index contributed by atoms with van der Waals surface area (Å²) < 4.78 is 17.0. The number of ketones is 1. The summed E-state index contributed by atoms with van der Waals surface area (Å²) >= 11 is 3.47. The number of halogens is 1. The predicted molar refractivity (Wildman–Crippen MR) is 105 cm³/mol. The second-order valence-electron chi connectivity index (χ2n) is 6.17. The van der Waals surface area contributed by atoms with Crippen LogP contribution in [-0.2, 0) is 9.53 Å². The molecule has 1 N–H and O–H groups in total. The maximum absolute atomic E-state index is 13.0. The number of anilines is 1. The minimum atomic E-state index is -0.267. The highest BCUT2D eigenvalue weighted by Gasteiger charge is 2.22. The van der Waals surface area contributed by atoms with Gasteiger partial charge in [0, 0.05) is 30.5 Å². The lowest BCUT2D eigenvalue weighted by molar-refractivity contribution is -0.114. The van der Waals surface area contributed by atoms with Gasteiger partial charge in [0.25, 0.3) is 0 Å². The minimum Gasteiger partial charge on any atom is -0.497 e. The molecule has 0 bridgehead atoms. The first-order chi connectivity index (χ1) is 13.0. The Bertz CT molecular complexity index is 844. The second-order valence-corrected chi connectivity index (χ2v) is 7.02. The van der Waals surface area contributed by atoms with Crippen molar-refractivity contribution in [3.05, 3.63) is 52.0 Å². The second kappa shape index (κ2) is 8.54. The SMILES string of the molecule is COc1ccc(C(=O)c2cc(Br)c(O[C@@H]3CCOC3)cc2NC(C)=O)cc1. The molecule has 0 spiro atoms. The molecule has 1 saturated heterocycles. The smallest absolute Gasteiger partial charge is 0.221 e. The highest BCUT2D eigenvalue weighted by molar-refractivity contribution is 9.10. The van der Waals surface area contributed by atoms with Crippen LogP contribution >= 0.6 is 15.9 Å². The Balaban J connectivity index is 1.95. The van der Waals surface area contributed by atoms with Gasteiger partial charge < -0.3 is 19.5 Å². The molecule has 1 fully saturated rings. The van der Waals surface area contributed by atoms with Crippen LogP contribution in [0.1, 0.15) is 29.3 Å². The summed E-state index contributed by atoms with van der Waals surface area (Å²) in [6.45, 7) is 2.58. The Hall–Kier alpha value is -2.38. The van der Waals surface area contributed by atoms with Crippen LogP contribution in [0.3, 0.4) is 0 Å². The lowest BCUT2D eigenvalue weighted by Crippen LogP contribution is -2.17. The Morgan fingerprint density at radius 2 is 1.96 bits per heavy atom. The van der Waals surface area contributed by atoms with Crippen molar-refractivity contribution in [3.63, 3.8) is 0 Å². The van der Waals surface area contributed by atoms with Crippen LogP contribution in [0, 0.1) is 0 Å². The summed E-state index contributed by atoms with van der Waals surface area (Å²) in [6.07, 6.45) is 0.753. The Morgan fingerprint density at radius 3 is 2.56 bits per heavy atom. The zero-order valence-electron chi connectivity index (χ0n) is 15.1. The zero-order chi connectivity index (χ0) is 19.4. The van der Waals surface area contributed by atoms with Crippen molar-refractivity contribution in [1.29, 1.82) is 0 Å². The molecule has 3 rings (SSSR count). The van der Waals surface area contributed by atoms with Gasteiger partial charge in [-0.25, -0.2) is 0 Å². The quantitative estimate of drug-likeness (QED) is 0.700. The van der Waals surface area contributed by atoms with E-state index in [1.165, 1.54) is 6.92 Å². The van der Waals surface area contributed by atoms with Gasteiger partial charge >= 0.3 is 0 Å². The van der Waals surface area contributed by atoms with Gasteiger partial charge in [0.05, 0.1) is 30.5 Å². The molecule has 0 aromatic heterocycles. The van der Waals surface area contributed by atoms with Crippen molar-refractivity contribution in [2.45, 2.75) is 19.4 Å². The molecule has 1 atom stereocenters. The van der Waals surface area contributed by atoms with Crippen LogP contribution in [0.5, 0.6) is 11.5 Å². The highest BCUT2D eigenvalue weighted by atomic mass is 79.9. The summed E-state index contributed by atoms with van der Waals surface area (Å²) in [6, 6.07) is 10.2. The Morgan fingerprint density at radius 1 is 1.22 bits per heavy atom. The van der Waals surface area contributed by atoms with Crippen molar-refractivity contribution in [2.75, 3.05) is 25.6 Å². The molecular weight excluding hydrogens is 414 g/mol. The van der Waals surface area contributed by atoms with Gasteiger partial charge in [-0.1, -0.05) is 0 Å².